The molecule has 0 unspecified atom stereocenters. The Morgan fingerprint density at radius 1 is 1.16 bits per heavy atom. The lowest BCUT2D eigenvalue weighted by molar-refractivity contribution is 0.637. The van der Waals surface area contributed by atoms with Gasteiger partial charge in [0.15, 0.2) is 0 Å². The molecule has 0 bridgehead atoms. The molecule has 0 saturated heterocycles. The number of hydrogen-bond acceptors (Lipinski definition) is 4. The summed E-state index contributed by atoms with van der Waals surface area (Å²) >= 11 is 0. The summed E-state index contributed by atoms with van der Waals surface area (Å²) in [4.78, 5) is 10.3. The standard InChI is InChI=1S/C15H20N4/c1-19(15-6-3-2-4-7-15)11-5-9-16-12-14-8-10-17-13-18-14/h2-4,6-8,10,13,16H,5,9,11-12H2,1H3. The first-order valence-corrected chi connectivity index (χ1v) is 6.58. The highest BCUT2D eigenvalue weighted by atomic mass is 15.1. The first-order chi connectivity index (χ1) is 9.36. The number of nitrogens with one attached hydrogen (secondary N) is 1. The van der Waals surface area contributed by atoms with Crippen molar-refractivity contribution in [1.82, 2.24) is 15.3 Å². The number of rotatable bonds is 7. The molecule has 0 saturated carbocycles. The number of hydrogen-bond donors (Lipinski definition) is 1. The van der Waals surface area contributed by atoms with E-state index in [0.717, 1.165) is 31.7 Å². The summed E-state index contributed by atoms with van der Waals surface area (Å²) in [5.41, 5.74) is 2.30. The van der Waals surface area contributed by atoms with E-state index in [1.54, 1.807) is 12.5 Å². The Morgan fingerprint density at radius 2 is 2.00 bits per heavy atom. The highest BCUT2D eigenvalue weighted by Gasteiger charge is 1.99. The van der Waals surface area contributed by atoms with E-state index in [4.69, 9.17) is 0 Å². The monoisotopic (exact) mass is 256 g/mol. The zero-order valence-electron chi connectivity index (χ0n) is 11.3. The Kier molecular flexibility index (Phi) is 5.31. The molecule has 0 aliphatic carbocycles. The Balaban J connectivity index is 1.62. The predicted octanol–water partition coefficient (Wildman–Crippen LogP) is 2.09. The van der Waals surface area contributed by atoms with Gasteiger partial charge < -0.3 is 10.2 Å². The third-order valence-corrected chi connectivity index (χ3v) is 2.99. The smallest absolute Gasteiger partial charge is 0.115 e. The minimum Gasteiger partial charge on any atom is -0.375 e. The van der Waals surface area contributed by atoms with E-state index in [9.17, 15) is 0 Å². The van der Waals surface area contributed by atoms with Crippen LogP contribution in [0.25, 0.3) is 0 Å². The predicted molar refractivity (Wildman–Crippen MR) is 78.1 cm³/mol. The van der Waals surface area contributed by atoms with Crippen LogP contribution >= 0.6 is 0 Å². The second-order valence-corrected chi connectivity index (χ2v) is 4.49. The molecule has 1 aromatic carbocycles. The molecule has 100 valence electrons. The summed E-state index contributed by atoms with van der Waals surface area (Å²) < 4.78 is 0. The fraction of sp³-hybridized carbons (Fsp3) is 0.333. The maximum Gasteiger partial charge on any atom is 0.115 e. The lowest BCUT2D eigenvalue weighted by Crippen LogP contribution is -2.23. The van der Waals surface area contributed by atoms with Crippen LogP contribution in [-0.4, -0.2) is 30.1 Å². The Bertz CT molecular complexity index is 458. The van der Waals surface area contributed by atoms with Crippen LogP contribution in [0.4, 0.5) is 5.69 Å². The summed E-state index contributed by atoms with van der Waals surface area (Å²) in [6.45, 7) is 2.83. The molecule has 0 fully saturated rings. The van der Waals surface area contributed by atoms with Crippen LogP contribution in [-0.2, 0) is 6.54 Å². The van der Waals surface area contributed by atoms with Crippen LogP contribution in [0.1, 0.15) is 12.1 Å². The van der Waals surface area contributed by atoms with Crippen LogP contribution < -0.4 is 10.2 Å². The van der Waals surface area contributed by atoms with Gasteiger partial charge in [0.1, 0.15) is 6.33 Å². The van der Waals surface area contributed by atoms with Gasteiger partial charge in [0, 0.05) is 32.0 Å². The van der Waals surface area contributed by atoms with Crippen molar-refractivity contribution in [2.75, 3.05) is 25.0 Å². The van der Waals surface area contributed by atoms with Crippen molar-refractivity contribution in [2.45, 2.75) is 13.0 Å². The number of para-hydroxylation sites is 1. The van der Waals surface area contributed by atoms with E-state index >= 15 is 0 Å². The highest BCUT2D eigenvalue weighted by molar-refractivity contribution is 5.44. The van der Waals surface area contributed by atoms with Gasteiger partial charge in [0.2, 0.25) is 0 Å². The molecule has 1 heterocycles. The lowest BCUT2D eigenvalue weighted by atomic mass is 10.3. The zero-order valence-corrected chi connectivity index (χ0v) is 11.3. The molecule has 2 rings (SSSR count). The first kappa shape index (κ1) is 13.5. The maximum atomic E-state index is 4.18. The van der Waals surface area contributed by atoms with Crippen molar-refractivity contribution >= 4 is 5.69 Å². The van der Waals surface area contributed by atoms with Crippen molar-refractivity contribution < 1.29 is 0 Å². The van der Waals surface area contributed by atoms with Gasteiger partial charge in [0.25, 0.3) is 0 Å². The van der Waals surface area contributed by atoms with Gasteiger partial charge >= 0.3 is 0 Å². The molecule has 0 radical (unpaired) electrons. The second-order valence-electron chi connectivity index (χ2n) is 4.49. The number of anilines is 1. The van der Waals surface area contributed by atoms with Crippen molar-refractivity contribution in [3.63, 3.8) is 0 Å². The normalized spacial score (nSPS) is 10.4. The average molecular weight is 256 g/mol. The van der Waals surface area contributed by atoms with E-state index in [2.05, 4.69) is 51.5 Å². The van der Waals surface area contributed by atoms with Gasteiger partial charge in [0.05, 0.1) is 5.69 Å². The summed E-state index contributed by atoms with van der Waals surface area (Å²) in [7, 11) is 2.12. The summed E-state index contributed by atoms with van der Waals surface area (Å²) in [5, 5.41) is 3.39. The summed E-state index contributed by atoms with van der Waals surface area (Å²) in [5.74, 6) is 0. The molecular weight excluding hydrogens is 236 g/mol. The number of aromatic nitrogens is 2. The van der Waals surface area contributed by atoms with Crippen molar-refractivity contribution in [1.29, 1.82) is 0 Å². The van der Waals surface area contributed by atoms with E-state index in [0.29, 0.717) is 0 Å². The zero-order chi connectivity index (χ0) is 13.3. The first-order valence-electron chi connectivity index (χ1n) is 6.58. The van der Waals surface area contributed by atoms with Crippen LogP contribution in [0.5, 0.6) is 0 Å². The molecule has 0 amide bonds. The van der Waals surface area contributed by atoms with Gasteiger partial charge in [-0.1, -0.05) is 18.2 Å². The molecule has 4 nitrogen and oxygen atoms in total. The largest absolute Gasteiger partial charge is 0.375 e. The Morgan fingerprint density at radius 3 is 2.74 bits per heavy atom. The maximum absolute atomic E-state index is 4.18. The summed E-state index contributed by atoms with van der Waals surface area (Å²) in [6, 6.07) is 12.4. The molecule has 2 aromatic rings. The minimum atomic E-state index is 0.803. The van der Waals surface area contributed by atoms with Crippen LogP contribution in [0.15, 0.2) is 48.9 Å². The lowest BCUT2D eigenvalue weighted by Gasteiger charge is -2.19. The average Bonchev–Trinajstić information content (AvgIpc) is 2.49. The third kappa shape index (κ3) is 4.67. The fourth-order valence-electron chi connectivity index (χ4n) is 1.89. The number of benzene rings is 1. The van der Waals surface area contributed by atoms with Gasteiger partial charge in [-0.3, -0.25) is 0 Å². The Labute approximate surface area is 114 Å². The van der Waals surface area contributed by atoms with Crippen molar-refractivity contribution in [3.05, 3.63) is 54.6 Å². The summed E-state index contributed by atoms with van der Waals surface area (Å²) in [6.07, 6.45) is 4.46. The van der Waals surface area contributed by atoms with Crippen LogP contribution in [0.2, 0.25) is 0 Å². The van der Waals surface area contributed by atoms with Gasteiger partial charge in [-0.15, -0.1) is 0 Å². The number of nitrogens with zero attached hydrogens (tertiary/aromatic N) is 3. The quantitative estimate of drug-likeness (QED) is 0.770. The molecule has 0 atom stereocenters. The van der Waals surface area contributed by atoms with Gasteiger partial charge in [-0.25, -0.2) is 9.97 Å². The van der Waals surface area contributed by atoms with E-state index < -0.39 is 0 Å². The topological polar surface area (TPSA) is 41.0 Å². The molecule has 1 N–H and O–H groups in total. The molecule has 0 aliphatic heterocycles. The molecule has 19 heavy (non-hydrogen) atoms. The third-order valence-electron chi connectivity index (χ3n) is 2.99. The minimum absolute atomic E-state index is 0.803. The Hall–Kier alpha value is -1.94. The van der Waals surface area contributed by atoms with E-state index in [1.165, 1.54) is 5.69 Å². The van der Waals surface area contributed by atoms with Crippen LogP contribution in [0.3, 0.4) is 0 Å². The molecular formula is C15H20N4. The molecule has 0 aliphatic rings. The molecule has 1 aromatic heterocycles. The van der Waals surface area contributed by atoms with Gasteiger partial charge in [-0.2, -0.15) is 0 Å². The highest BCUT2D eigenvalue weighted by Crippen LogP contribution is 2.10. The van der Waals surface area contributed by atoms with E-state index in [-0.39, 0.29) is 0 Å². The second kappa shape index (κ2) is 7.48. The van der Waals surface area contributed by atoms with E-state index in [1.807, 2.05) is 12.1 Å². The van der Waals surface area contributed by atoms with Crippen LogP contribution in [0, 0.1) is 0 Å². The molecule has 0 spiro atoms. The van der Waals surface area contributed by atoms with Gasteiger partial charge in [-0.05, 0) is 31.2 Å². The molecule has 4 heteroatoms. The van der Waals surface area contributed by atoms with Crippen molar-refractivity contribution in [3.8, 4) is 0 Å². The fourth-order valence-corrected chi connectivity index (χ4v) is 1.89. The van der Waals surface area contributed by atoms with Crippen molar-refractivity contribution in [2.24, 2.45) is 0 Å². The SMILES string of the molecule is CN(CCCNCc1ccncn1)c1ccccc1.